The molecule has 1 saturated heterocycles. The minimum atomic E-state index is -4.00. The van der Waals surface area contributed by atoms with Crippen LogP contribution < -0.4 is 20.7 Å². The normalized spacial score (nSPS) is 18.1. The molecule has 3 atom stereocenters. The van der Waals surface area contributed by atoms with E-state index in [0.29, 0.717) is 44.6 Å². The highest BCUT2D eigenvalue weighted by molar-refractivity contribution is 5.98. The molecule has 4 rings (SSSR count). The molecule has 1 aromatic carbocycles. The molecule has 0 spiro atoms. The Kier molecular flexibility index (Phi) is 13.0. The Bertz CT molecular complexity index is 1460. The zero-order valence-corrected chi connectivity index (χ0v) is 28.6. The fourth-order valence-electron chi connectivity index (χ4n) is 6.31. The van der Waals surface area contributed by atoms with Crippen molar-refractivity contribution in [1.82, 2.24) is 25.4 Å². The van der Waals surface area contributed by atoms with Gasteiger partial charge in [-0.15, -0.1) is 0 Å². The summed E-state index contributed by atoms with van der Waals surface area (Å²) >= 11 is 0. The van der Waals surface area contributed by atoms with Gasteiger partial charge in [-0.05, 0) is 49.6 Å². The van der Waals surface area contributed by atoms with Crippen LogP contribution in [0, 0.1) is 11.7 Å². The van der Waals surface area contributed by atoms with Crippen molar-refractivity contribution in [3.05, 3.63) is 53.5 Å². The molecular weight excluding hydrogens is 641 g/mol. The van der Waals surface area contributed by atoms with E-state index in [-0.39, 0.29) is 29.8 Å². The molecule has 14 heteroatoms. The van der Waals surface area contributed by atoms with Gasteiger partial charge in [0.05, 0.1) is 12.8 Å². The molecule has 2 fully saturated rings. The van der Waals surface area contributed by atoms with Crippen LogP contribution in [-0.2, 0) is 25.1 Å². The van der Waals surface area contributed by atoms with Crippen molar-refractivity contribution in [3.8, 4) is 5.88 Å². The van der Waals surface area contributed by atoms with E-state index in [9.17, 15) is 19.2 Å². The van der Waals surface area contributed by atoms with Crippen molar-refractivity contribution in [3.63, 3.8) is 0 Å². The van der Waals surface area contributed by atoms with Gasteiger partial charge in [0.15, 0.2) is 0 Å². The highest BCUT2D eigenvalue weighted by Crippen LogP contribution is 2.32. The largest absolute Gasteiger partial charge is 0.481 e. The molecule has 0 radical (unpaired) electrons. The van der Waals surface area contributed by atoms with Crippen LogP contribution in [0.15, 0.2) is 36.5 Å². The zero-order valence-electron chi connectivity index (χ0n) is 28.6. The lowest BCUT2D eigenvalue weighted by Crippen LogP contribution is -2.55. The smallest absolute Gasteiger partial charge is 0.351 e. The van der Waals surface area contributed by atoms with Gasteiger partial charge >= 0.3 is 5.92 Å². The van der Waals surface area contributed by atoms with Crippen molar-refractivity contribution in [2.24, 2.45) is 5.92 Å². The quantitative estimate of drug-likeness (QED) is 0.285. The number of hydrogen-bond acceptors (Lipinski definition) is 7. The molecule has 2 heterocycles. The molecule has 1 aromatic heterocycles. The summed E-state index contributed by atoms with van der Waals surface area (Å²) in [6.45, 7) is 5.78. The molecule has 2 aromatic rings. The number of nitrogens with one attached hydrogen (secondary N) is 3. The average molecular weight is 689 g/mol. The minimum absolute atomic E-state index is 0.0981. The maximum atomic E-state index is 15.6. The van der Waals surface area contributed by atoms with Crippen LogP contribution in [0.4, 0.5) is 18.9 Å². The van der Waals surface area contributed by atoms with Crippen LogP contribution in [0.25, 0.3) is 0 Å². The van der Waals surface area contributed by atoms with Gasteiger partial charge in [-0.2, -0.15) is 8.78 Å². The first-order valence-corrected chi connectivity index (χ1v) is 16.9. The third-order valence-electron chi connectivity index (χ3n) is 9.53. The van der Waals surface area contributed by atoms with Gasteiger partial charge in [-0.1, -0.05) is 45.6 Å². The van der Waals surface area contributed by atoms with E-state index < -0.39 is 53.0 Å². The highest BCUT2D eigenvalue weighted by Gasteiger charge is 2.44. The molecule has 11 nitrogen and oxygen atoms in total. The van der Waals surface area contributed by atoms with Crippen molar-refractivity contribution < 1.29 is 37.1 Å². The van der Waals surface area contributed by atoms with Gasteiger partial charge in [0.2, 0.25) is 23.6 Å². The second-order valence-corrected chi connectivity index (χ2v) is 12.9. The van der Waals surface area contributed by atoms with Crippen LogP contribution in [0.3, 0.4) is 0 Å². The number of amides is 4. The van der Waals surface area contributed by atoms with Gasteiger partial charge in [-0.25, -0.2) is 9.37 Å². The average Bonchev–Trinajstić information content (AvgIpc) is 3.39. The summed E-state index contributed by atoms with van der Waals surface area (Å²) < 4.78 is 51.1. The minimum Gasteiger partial charge on any atom is -0.481 e. The molecule has 1 saturated carbocycles. The van der Waals surface area contributed by atoms with E-state index in [0.717, 1.165) is 37.9 Å². The molecule has 1 aliphatic carbocycles. The number of anilines is 1. The fraction of sp³-hybridized carbons (Fsp3) is 0.571. The number of benzene rings is 1. The first kappa shape index (κ1) is 37.6. The first-order valence-electron chi connectivity index (χ1n) is 16.9. The number of aromatic nitrogens is 1. The highest BCUT2D eigenvalue weighted by atomic mass is 19.3. The van der Waals surface area contributed by atoms with Gasteiger partial charge in [-0.3, -0.25) is 19.2 Å². The molecule has 49 heavy (non-hydrogen) atoms. The standard InChI is InChI=1S/C35H47F3N6O5/c1-5-28(45)41-30(33(47)44-18-16-43(3)17-19-44)22(2)24-12-14-27(26(36)20-24)40-32(46)31(23-10-8-6-7-9-11-23)42-34(48)35(37,38)25-13-15-29(49-4)39-21-25/h12-15,20-23,30-31H,5-11,16-19H2,1-4H3,(H,40,46)(H,41,45)(H,42,48). The van der Waals surface area contributed by atoms with E-state index in [2.05, 4.69) is 25.8 Å². The molecule has 268 valence electrons. The number of piperazine rings is 1. The Labute approximate surface area is 285 Å². The molecule has 0 bridgehead atoms. The van der Waals surface area contributed by atoms with Crippen LogP contribution in [-0.4, -0.2) is 90.8 Å². The van der Waals surface area contributed by atoms with Gasteiger partial charge in [0.1, 0.15) is 17.9 Å². The van der Waals surface area contributed by atoms with Gasteiger partial charge < -0.3 is 30.5 Å². The van der Waals surface area contributed by atoms with Crippen molar-refractivity contribution in [2.75, 3.05) is 45.7 Å². The maximum Gasteiger partial charge on any atom is 0.351 e. The van der Waals surface area contributed by atoms with Crippen LogP contribution >= 0.6 is 0 Å². The lowest BCUT2D eigenvalue weighted by molar-refractivity contribution is -0.149. The number of pyridine rings is 1. The SMILES string of the molecule is CCC(=O)NC(C(=O)N1CCN(C)CC1)C(C)c1ccc(NC(=O)C(NC(=O)C(F)(F)c2ccc(OC)nc2)C2CCCCCC2)c(F)c1. The third-order valence-corrected chi connectivity index (χ3v) is 9.53. The topological polar surface area (TPSA) is 133 Å². The Morgan fingerprint density at radius 3 is 2.24 bits per heavy atom. The van der Waals surface area contributed by atoms with Gasteiger partial charge in [0, 0.05) is 56.3 Å². The number of nitrogens with zero attached hydrogens (tertiary/aromatic N) is 3. The molecule has 3 N–H and O–H groups in total. The number of carbonyl (C=O) groups is 4. The van der Waals surface area contributed by atoms with Gasteiger partial charge in [0.25, 0.3) is 5.91 Å². The second-order valence-electron chi connectivity index (χ2n) is 12.9. The van der Waals surface area contributed by atoms with E-state index >= 15 is 13.2 Å². The Balaban J connectivity index is 1.53. The number of halogens is 3. The van der Waals surface area contributed by atoms with E-state index in [4.69, 9.17) is 4.74 Å². The molecular formula is C35H47F3N6O5. The van der Waals surface area contributed by atoms with Crippen LogP contribution in [0.1, 0.15) is 75.8 Å². The lowest BCUT2D eigenvalue weighted by atomic mass is 9.90. The number of hydrogen-bond donors (Lipinski definition) is 3. The molecule has 3 unspecified atom stereocenters. The fourth-order valence-corrected chi connectivity index (χ4v) is 6.31. The summed E-state index contributed by atoms with van der Waals surface area (Å²) in [6, 6.07) is 4.02. The molecule has 4 amide bonds. The summed E-state index contributed by atoms with van der Waals surface area (Å²) in [4.78, 5) is 60.2. The van der Waals surface area contributed by atoms with Crippen LogP contribution in [0.2, 0.25) is 0 Å². The first-order chi connectivity index (χ1) is 23.3. The monoisotopic (exact) mass is 688 g/mol. The van der Waals surface area contributed by atoms with E-state index in [1.807, 2.05) is 7.05 Å². The summed E-state index contributed by atoms with van der Waals surface area (Å²) in [7, 11) is 3.30. The summed E-state index contributed by atoms with van der Waals surface area (Å²) in [5.74, 6) is -8.84. The Morgan fingerprint density at radius 2 is 1.67 bits per heavy atom. The molecule has 2 aliphatic rings. The number of carbonyl (C=O) groups excluding carboxylic acids is 4. The van der Waals surface area contributed by atoms with E-state index in [1.54, 1.807) is 24.8 Å². The Morgan fingerprint density at radius 1 is 1.00 bits per heavy atom. The number of likely N-dealkylation sites (N-methyl/N-ethyl adjacent to an activating group) is 1. The number of rotatable bonds is 12. The van der Waals surface area contributed by atoms with Crippen molar-refractivity contribution in [1.29, 1.82) is 0 Å². The maximum absolute atomic E-state index is 15.6. The number of ether oxygens (including phenoxy) is 1. The predicted molar refractivity (Wildman–Crippen MR) is 178 cm³/mol. The predicted octanol–water partition coefficient (Wildman–Crippen LogP) is 4.19. The third kappa shape index (κ3) is 9.49. The van der Waals surface area contributed by atoms with Crippen LogP contribution in [0.5, 0.6) is 5.88 Å². The Hall–Kier alpha value is -4.20. The number of methoxy groups -OCH3 is 1. The van der Waals surface area contributed by atoms with Crippen molar-refractivity contribution >= 4 is 29.3 Å². The van der Waals surface area contributed by atoms with E-state index in [1.165, 1.54) is 25.3 Å². The lowest BCUT2D eigenvalue weighted by Gasteiger charge is -2.36. The second kappa shape index (κ2) is 17.0. The van der Waals surface area contributed by atoms with Crippen molar-refractivity contribution in [2.45, 2.75) is 82.7 Å². The summed E-state index contributed by atoms with van der Waals surface area (Å²) in [5.41, 5.74) is -0.457. The molecule has 1 aliphatic heterocycles. The number of alkyl halides is 2. The zero-order chi connectivity index (χ0) is 35.7. The summed E-state index contributed by atoms with van der Waals surface area (Å²) in [6.07, 6.45) is 5.40. The summed E-state index contributed by atoms with van der Waals surface area (Å²) in [5, 5.41) is 7.57.